The van der Waals surface area contributed by atoms with Crippen molar-refractivity contribution in [1.82, 2.24) is 4.98 Å². The Morgan fingerprint density at radius 3 is 2.46 bits per heavy atom. The summed E-state index contributed by atoms with van der Waals surface area (Å²) in [5.41, 5.74) is 4.98. The van der Waals surface area contributed by atoms with Crippen molar-refractivity contribution >= 4 is 10.8 Å². The third kappa shape index (κ3) is 2.52. The quantitative estimate of drug-likeness (QED) is 0.310. The van der Waals surface area contributed by atoms with Crippen molar-refractivity contribution in [2.75, 3.05) is 0 Å². The molecule has 0 amide bonds. The zero-order valence-corrected chi connectivity index (χ0v) is 16.2. The summed E-state index contributed by atoms with van der Waals surface area (Å²) in [4.78, 5) is 4.62. The number of rotatable bonds is 1. The molecule has 1 aliphatic heterocycles. The van der Waals surface area contributed by atoms with Gasteiger partial charge in [-0.2, -0.15) is 0 Å². The molecule has 0 radical (unpaired) electrons. The van der Waals surface area contributed by atoms with Crippen LogP contribution in [0.1, 0.15) is 36.0 Å². The number of ether oxygens (including phenoxy) is 1. The van der Waals surface area contributed by atoms with Crippen LogP contribution in [0.25, 0.3) is 33.2 Å². The molecule has 138 valence electrons. The summed E-state index contributed by atoms with van der Waals surface area (Å²) in [6.07, 6.45) is 1.82. The van der Waals surface area contributed by atoms with E-state index in [9.17, 15) is 0 Å². The van der Waals surface area contributed by atoms with Crippen LogP contribution in [-0.2, 0) is 5.41 Å². The van der Waals surface area contributed by atoms with E-state index >= 15 is 0 Å². The van der Waals surface area contributed by atoms with Crippen molar-refractivity contribution in [2.45, 2.75) is 33.0 Å². The second-order valence-corrected chi connectivity index (χ2v) is 8.31. The predicted molar refractivity (Wildman–Crippen MR) is 116 cm³/mol. The van der Waals surface area contributed by atoms with Gasteiger partial charge >= 0.3 is 0 Å². The fraction of sp³-hybridized carbons (Fsp3) is 0.192. The van der Waals surface area contributed by atoms with Gasteiger partial charge < -0.3 is 4.74 Å². The lowest BCUT2D eigenvalue weighted by Gasteiger charge is -2.25. The van der Waals surface area contributed by atoms with Crippen molar-refractivity contribution in [3.8, 4) is 33.9 Å². The van der Waals surface area contributed by atoms with Crippen LogP contribution in [0, 0.1) is 6.85 Å². The summed E-state index contributed by atoms with van der Waals surface area (Å²) in [7, 11) is 0. The highest BCUT2D eigenvalue weighted by Crippen LogP contribution is 2.50. The first-order chi connectivity index (χ1) is 14.6. The van der Waals surface area contributed by atoms with Gasteiger partial charge in [0, 0.05) is 26.8 Å². The van der Waals surface area contributed by atoms with Crippen molar-refractivity contribution in [2.24, 2.45) is 0 Å². The molecule has 0 aliphatic carbocycles. The summed E-state index contributed by atoms with van der Waals surface area (Å²) in [5.74, 6) is 1.07. The number of benzene rings is 3. The van der Waals surface area contributed by atoms with Crippen molar-refractivity contribution < 1.29 is 8.85 Å². The average molecular weight is 368 g/mol. The molecule has 1 aliphatic rings. The van der Waals surface area contributed by atoms with Crippen LogP contribution in [0.4, 0.5) is 0 Å². The zero-order valence-electron chi connectivity index (χ0n) is 19.2. The van der Waals surface area contributed by atoms with Gasteiger partial charge in [-0.05, 0) is 52.5 Å². The minimum Gasteiger partial charge on any atom is -0.455 e. The molecule has 1 aromatic heterocycles. The van der Waals surface area contributed by atoms with Gasteiger partial charge in [0.15, 0.2) is 0 Å². The highest BCUT2D eigenvalue weighted by molar-refractivity contribution is 6.06. The number of nitrogens with zero attached hydrogens (tertiary/aromatic N) is 1. The van der Waals surface area contributed by atoms with Crippen LogP contribution in [-0.4, -0.2) is 4.98 Å². The number of pyridine rings is 1. The topological polar surface area (TPSA) is 22.1 Å². The Morgan fingerprint density at radius 1 is 0.857 bits per heavy atom. The van der Waals surface area contributed by atoms with Gasteiger partial charge in [-0.25, -0.2) is 0 Å². The van der Waals surface area contributed by atoms with Gasteiger partial charge in [0.05, 0.1) is 5.69 Å². The number of hydrogen-bond acceptors (Lipinski definition) is 2. The molecule has 2 heterocycles. The smallest absolute Gasteiger partial charge is 0.144 e. The van der Waals surface area contributed by atoms with Crippen LogP contribution in [0.2, 0.25) is 0 Å². The van der Waals surface area contributed by atoms with Crippen LogP contribution < -0.4 is 4.74 Å². The molecule has 0 spiro atoms. The van der Waals surface area contributed by atoms with Gasteiger partial charge in [0.1, 0.15) is 11.5 Å². The molecule has 0 atom stereocenters. The minimum absolute atomic E-state index is 0.0139. The molecule has 0 unspecified atom stereocenters. The highest BCUT2D eigenvalue weighted by atomic mass is 16.5. The Morgan fingerprint density at radius 2 is 1.64 bits per heavy atom. The Balaban J connectivity index is 1.79. The molecule has 0 saturated heterocycles. The molecule has 4 aromatic rings. The molecular weight excluding hydrogens is 342 g/mol. The average Bonchev–Trinajstić information content (AvgIpc) is 2.72. The van der Waals surface area contributed by atoms with Gasteiger partial charge in [0.25, 0.3) is 0 Å². The van der Waals surface area contributed by atoms with E-state index in [1.54, 1.807) is 6.07 Å². The van der Waals surface area contributed by atoms with Gasteiger partial charge in [-0.1, -0.05) is 63.2 Å². The number of hydrogen-bond donors (Lipinski definition) is 0. The number of aromatic nitrogens is 1. The zero-order chi connectivity index (χ0) is 22.0. The molecule has 0 saturated carbocycles. The van der Waals surface area contributed by atoms with Crippen molar-refractivity contribution in [3.63, 3.8) is 0 Å². The van der Waals surface area contributed by atoms with Crippen LogP contribution in [0.3, 0.4) is 0 Å². The second kappa shape index (κ2) is 5.93. The van der Waals surface area contributed by atoms with E-state index in [1.165, 1.54) is 5.56 Å². The largest absolute Gasteiger partial charge is 0.455 e. The number of aryl methyl sites for hydroxylation is 1. The van der Waals surface area contributed by atoms with Crippen LogP contribution >= 0.6 is 0 Å². The first kappa shape index (κ1) is 14.0. The maximum absolute atomic E-state index is 8.03. The molecule has 0 N–H and O–H groups in total. The van der Waals surface area contributed by atoms with E-state index in [1.807, 2.05) is 54.7 Å². The summed E-state index contributed by atoms with van der Waals surface area (Å²) in [5, 5.41) is 1.81. The van der Waals surface area contributed by atoms with E-state index in [2.05, 4.69) is 31.8 Å². The predicted octanol–water partition coefficient (Wildman–Crippen LogP) is 7.28. The van der Waals surface area contributed by atoms with Crippen LogP contribution in [0.5, 0.6) is 11.5 Å². The number of fused-ring (bicyclic) bond motifs is 2. The molecule has 2 heteroatoms. The van der Waals surface area contributed by atoms with Gasteiger partial charge in [-0.3, -0.25) is 4.98 Å². The second-order valence-electron chi connectivity index (χ2n) is 8.31. The summed E-state index contributed by atoms with van der Waals surface area (Å²) in [6, 6.07) is 19.6. The van der Waals surface area contributed by atoms with E-state index in [4.69, 9.17) is 8.85 Å². The number of para-hydroxylation sites is 1. The third-order valence-corrected chi connectivity index (χ3v) is 5.41. The lowest BCUT2D eigenvalue weighted by atomic mass is 9.86. The lowest BCUT2D eigenvalue weighted by Crippen LogP contribution is -2.11. The Labute approximate surface area is 170 Å². The van der Waals surface area contributed by atoms with Gasteiger partial charge in [-0.15, -0.1) is 0 Å². The van der Waals surface area contributed by atoms with E-state index in [0.29, 0.717) is 11.5 Å². The summed E-state index contributed by atoms with van der Waals surface area (Å²) < 4.78 is 30.5. The van der Waals surface area contributed by atoms with Crippen molar-refractivity contribution in [3.05, 3.63) is 78.0 Å². The maximum Gasteiger partial charge on any atom is 0.144 e. The molecule has 0 fully saturated rings. The Bertz CT molecular complexity index is 1330. The fourth-order valence-electron chi connectivity index (χ4n) is 3.88. The van der Waals surface area contributed by atoms with Crippen molar-refractivity contribution in [1.29, 1.82) is 0 Å². The van der Waals surface area contributed by atoms with Crippen LogP contribution in [0.15, 0.2) is 66.9 Å². The lowest BCUT2D eigenvalue weighted by molar-refractivity contribution is 0.485. The van der Waals surface area contributed by atoms with E-state index < -0.39 is 6.85 Å². The minimum atomic E-state index is -2.27. The third-order valence-electron chi connectivity index (χ3n) is 5.41. The molecule has 28 heavy (non-hydrogen) atoms. The Hall–Kier alpha value is -3.13. The SMILES string of the molecule is [2H]C([2H])([2H])c1ccc2cccc3c2c1Oc1c(-c2cc(C(C)(C)C)ccn2)cccc1-3. The Kier molecular flexibility index (Phi) is 2.96. The normalized spacial score (nSPS) is 14.6. The first-order valence-corrected chi connectivity index (χ1v) is 9.49. The molecule has 2 nitrogen and oxygen atoms in total. The highest BCUT2D eigenvalue weighted by Gasteiger charge is 2.25. The first-order valence-electron chi connectivity index (χ1n) is 11.0. The van der Waals surface area contributed by atoms with Gasteiger partial charge in [0.2, 0.25) is 0 Å². The molecular formula is C26H23NO. The standard InChI is InChI=1S/C26H23NO/c1-16-11-12-17-7-5-8-19-20-9-6-10-21(25(20)28-24(16)23(17)19)22-15-18(13-14-27-22)26(2,3)4/h5-15H,1-4H3/i1D3. The summed E-state index contributed by atoms with van der Waals surface area (Å²) in [6.45, 7) is 4.24. The molecule has 5 rings (SSSR count). The molecule has 0 bridgehead atoms. The molecule has 3 aromatic carbocycles. The van der Waals surface area contributed by atoms with E-state index in [-0.39, 0.29) is 11.0 Å². The monoisotopic (exact) mass is 368 g/mol. The maximum atomic E-state index is 8.03. The van der Waals surface area contributed by atoms with E-state index in [0.717, 1.165) is 33.2 Å². The summed E-state index contributed by atoms with van der Waals surface area (Å²) >= 11 is 0. The fourth-order valence-corrected chi connectivity index (χ4v) is 3.88.